The molecule has 2 aromatic heterocycles. The molecule has 3 aromatic rings. The predicted molar refractivity (Wildman–Crippen MR) is 88.6 cm³/mol. The minimum absolute atomic E-state index is 0.192. The van der Waals surface area contributed by atoms with Crippen LogP contribution in [-0.2, 0) is 6.54 Å². The molecular formula is C16H11N3O4S. The minimum Gasteiger partial charge on any atom is -0.395 e. The number of benzene rings is 1. The molecule has 1 amide bonds. The Labute approximate surface area is 140 Å². The van der Waals surface area contributed by atoms with Crippen molar-refractivity contribution < 1.29 is 14.1 Å². The lowest BCUT2D eigenvalue weighted by Crippen LogP contribution is -2.16. The number of carbonyl (C=O) groups excluding carboxylic acids is 1. The molecule has 0 saturated heterocycles. The number of hydrogen-bond acceptors (Lipinski definition) is 5. The van der Waals surface area contributed by atoms with Crippen molar-refractivity contribution in [3.8, 4) is 12.3 Å². The summed E-state index contributed by atoms with van der Waals surface area (Å²) in [6, 6.07) is 8.19. The Morgan fingerprint density at radius 2 is 2.25 bits per heavy atom. The van der Waals surface area contributed by atoms with Gasteiger partial charge in [-0.25, -0.2) is 0 Å². The lowest BCUT2D eigenvalue weighted by Gasteiger charge is -1.99. The predicted octanol–water partition coefficient (Wildman–Crippen LogP) is 2.89. The molecule has 0 saturated carbocycles. The highest BCUT2D eigenvalue weighted by atomic mass is 32.1. The molecule has 3 rings (SSSR count). The quantitative estimate of drug-likeness (QED) is 0.416. The van der Waals surface area contributed by atoms with Gasteiger partial charge in [-0.05, 0) is 30.7 Å². The van der Waals surface area contributed by atoms with Crippen LogP contribution in [0.5, 0.6) is 0 Å². The molecule has 0 spiro atoms. The summed E-state index contributed by atoms with van der Waals surface area (Å²) in [4.78, 5) is 26.6. The Balaban J connectivity index is 2.11. The van der Waals surface area contributed by atoms with Crippen molar-refractivity contribution >= 4 is 33.3 Å². The maximum Gasteiger partial charge on any atom is 0.433 e. The number of nitro groups is 1. The zero-order valence-electron chi connectivity index (χ0n) is 12.6. The molecule has 1 aromatic carbocycles. The third-order valence-electron chi connectivity index (χ3n) is 3.27. The average molecular weight is 341 g/mol. The van der Waals surface area contributed by atoms with Gasteiger partial charge in [-0.1, -0.05) is 23.3 Å². The molecular weight excluding hydrogens is 330 g/mol. The van der Waals surface area contributed by atoms with Crippen LogP contribution in [-0.4, -0.2) is 15.4 Å². The van der Waals surface area contributed by atoms with Crippen LogP contribution in [0.1, 0.15) is 16.1 Å². The Morgan fingerprint density at radius 1 is 1.46 bits per heavy atom. The fraction of sp³-hybridized carbons (Fsp3) is 0.125. The number of amides is 1. The molecule has 0 radical (unpaired) electrons. The number of hydrogen-bond donors (Lipinski definition) is 0. The third-order valence-corrected chi connectivity index (χ3v) is 4.31. The lowest BCUT2D eigenvalue weighted by atomic mass is 10.2. The summed E-state index contributed by atoms with van der Waals surface area (Å²) in [7, 11) is 0. The first-order chi connectivity index (χ1) is 11.5. The SMILES string of the molecule is C#CCn1c(=NC(=O)c2ccc([N+](=O)[O-])o2)sc2cc(C)ccc21. The van der Waals surface area contributed by atoms with Gasteiger partial charge in [-0.2, -0.15) is 4.99 Å². The summed E-state index contributed by atoms with van der Waals surface area (Å²) in [6.45, 7) is 2.22. The molecule has 0 aliphatic rings. The van der Waals surface area contributed by atoms with Crippen molar-refractivity contribution in [3.05, 3.63) is 56.6 Å². The Hall–Kier alpha value is -3.18. The molecule has 7 nitrogen and oxygen atoms in total. The molecule has 0 aliphatic heterocycles. The van der Waals surface area contributed by atoms with Gasteiger partial charge >= 0.3 is 11.8 Å². The lowest BCUT2D eigenvalue weighted by molar-refractivity contribution is -0.402. The number of thiazole rings is 1. The van der Waals surface area contributed by atoms with Crippen LogP contribution in [0.2, 0.25) is 0 Å². The van der Waals surface area contributed by atoms with Crippen molar-refractivity contribution in [1.29, 1.82) is 0 Å². The summed E-state index contributed by atoms with van der Waals surface area (Å²) in [5, 5.41) is 10.6. The molecule has 0 bridgehead atoms. The van der Waals surface area contributed by atoms with E-state index in [2.05, 4.69) is 10.9 Å². The largest absolute Gasteiger partial charge is 0.433 e. The highest BCUT2D eigenvalue weighted by Crippen LogP contribution is 2.20. The first-order valence-electron chi connectivity index (χ1n) is 6.86. The highest BCUT2D eigenvalue weighted by Gasteiger charge is 2.17. The summed E-state index contributed by atoms with van der Waals surface area (Å²) in [6.07, 6.45) is 5.40. The molecule has 8 heteroatoms. The second-order valence-corrected chi connectivity index (χ2v) is 5.97. The van der Waals surface area contributed by atoms with Gasteiger partial charge in [0, 0.05) is 0 Å². The van der Waals surface area contributed by atoms with Crippen molar-refractivity contribution in [2.75, 3.05) is 0 Å². The van der Waals surface area contributed by atoms with E-state index in [4.69, 9.17) is 10.8 Å². The van der Waals surface area contributed by atoms with Crippen LogP contribution in [0.25, 0.3) is 10.2 Å². The molecule has 0 unspecified atom stereocenters. The molecule has 2 heterocycles. The number of aromatic nitrogens is 1. The van der Waals surface area contributed by atoms with E-state index in [1.807, 2.05) is 25.1 Å². The number of fused-ring (bicyclic) bond motifs is 1. The van der Waals surface area contributed by atoms with E-state index in [0.717, 1.165) is 21.8 Å². The second-order valence-electron chi connectivity index (χ2n) is 4.96. The van der Waals surface area contributed by atoms with Crippen LogP contribution in [0, 0.1) is 29.4 Å². The van der Waals surface area contributed by atoms with Gasteiger partial charge < -0.3 is 8.98 Å². The zero-order chi connectivity index (χ0) is 17.3. The van der Waals surface area contributed by atoms with Gasteiger partial charge in [-0.3, -0.25) is 14.9 Å². The third kappa shape index (κ3) is 2.85. The number of terminal acetylenes is 1. The Morgan fingerprint density at radius 3 is 2.92 bits per heavy atom. The minimum atomic E-state index is -0.711. The molecule has 0 fully saturated rings. The summed E-state index contributed by atoms with van der Waals surface area (Å²) >= 11 is 1.32. The van der Waals surface area contributed by atoms with E-state index in [9.17, 15) is 14.9 Å². The van der Waals surface area contributed by atoms with E-state index in [1.165, 1.54) is 17.4 Å². The highest BCUT2D eigenvalue weighted by molar-refractivity contribution is 7.16. The number of rotatable bonds is 3. The average Bonchev–Trinajstić information content (AvgIpc) is 3.13. The van der Waals surface area contributed by atoms with Crippen LogP contribution < -0.4 is 4.80 Å². The van der Waals surface area contributed by atoms with Crippen molar-refractivity contribution in [2.45, 2.75) is 13.5 Å². The van der Waals surface area contributed by atoms with E-state index in [1.54, 1.807) is 4.57 Å². The van der Waals surface area contributed by atoms with E-state index >= 15 is 0 Å². The molecule has 120 valence electrons. The number of furan rings is 1. The molecule has 0 atom stereocenters. The maximum absolute atomic E-state index is 12.2. The van der Waals surface area contributed by atoms with E-state index in [0.29, 0.717) is 4.80 Å². The van der Waals surface area contributed by atoms with Crippen molar-refractivity contribution in [2.24, 2.45) is 4.99 Å². The van der Waals surface area contributed by atoms with Crippen LogP contribution >= 0.6 is 11.3 Å². The van der Waals surface area contributed by atoms with E-state index < -0.39 is 16.7 Å². The van der Waals surface area contributed by atoms with Gasteiger partial charge in [0.15, 0.2) is 4.80 Å². The van der Waals surface area contributed by atoms with Crippen LogP contribution in [0.3, 0.4) is 0 Å². The fourth-order valence-electron chi connectivity index (χ4n) is 2.19. The Kier molecular flexibility index (Phi) is 4.02. The number of aryl methyl sites for hydroxylation is 1. The topological polar surface area (TPSA) is 90.6 Å². The monoisotopic (exact) mass is 341 g/mol. The van der Waals surface area contributed by atoms with Gasteiger partial charge in [0.1, 0.15) is 4.92 Å². The fourth-order valence-corrected chi connectivity index (χ4v) is 3.32. The molecule has 24 heavy (non-hydrogen) atoms. The summed E-state index contributed by atoms with van der Waals surface area (Å²) in [5.41, 5.74) is 1.96. The standard InChI is InChI=1S/C16H11N3O4S/c1-3-8-18-11-5-4-10(2)9-13(11)24-16(18)17-15(20)12-6-7-14(23-12)19(21)22/h1,4-7,9H,8H2,2H3. The summed E-state index contributed by atoms with van der Waals surface area (Å²) < 4.78 is 7.58. The van der Waals surface area contributed by atoms with Crippen molar-refractivity contribution in [3.63, 3.8) is 0 Å². The maximum atomic E-state index is 12.2. The Bertz CT molecular complexity index is 1070. The first kappa shape index (κ1) is 15.7. The second kappa shape index (κ2) is 6.14. The van der Waals surface area contributed by atoms with Crippen LogP contribution in [0.15, 0.2) is 39.7 Å². The van der Waals surface area contributed by atoms with Crippen molar-refractivity contribution in [1.82, 2.24) is 4.57 Å². The van der Waals surface area contributed by atoms with Gasteiger partial charge in [-0.15, -0.1) is 6.42 Å². The van der Waals surface area contributed by atoms with Gasteiger partial charge in [0.2, 0.25) is 5.76 Å². The number of nitrogens with zero attached hydrogens (tertiary/aromatic N) is 3. The molecule has 0 N–H and O–H groups in total. The van der Waals surface area contributed by atoms with E-state index in [-0.39, 0.29) is 12.3 Å². The zero-order valence-corrected chi connectivity index (χ0v) is 13.4. The molecule has 0 aliphatic carbocycles. The van der Waals surface area contributed by atoms with Crippen LogP contribution in [0.4, 0.5) is 5.88 Å². The summed E-state index contributed by atoms with van der Waals surface area (Å²) in [5.74, 6) is 1.14. The normalized spacial score (nSPS) is 11.6. The number of carbonyl (C=O) groups is 1. The van der Waals surface area contributed by atoms with Gasteiger partial charge in [0.05, 0.1) is 22.8 Å². The smallest absolute Gasteiger partial charge is 0.395 e. The first-order valence-corrected chi connectivity index (χ1v) is 7.68. The van der Waals surface area contributed by atoms with Gasteiger partial charge in [0.25, 0.3) is 0 Å².